The van der Waals surface area contributed by atoms with E-state index in [2.05, 4.69) is 12.2 Å². The van der Waals surface area contributed by atoms with Gasteiger partial charge >= 0.3 is 5.97 Å². The number of allylic oxidation sites excluding steroid dienone is 2. The normalized spacial score (nSPS) is 27.6. The van der Waals surface area contributed by atoms with E-state index in [0.717, 1.165) is 32.1 Å². The molecule has 1 aliphatic heterocycles. The Labute approximate surface area is 105 Å². The maximum Gasteiger partial charge on any atom is 0.308 e. The minimum Gasteiger partial charge on any atom is -0.465 e. The molecule has 0 bridgehead atoms. The van der Waals surface area contributed by atoms with Crippen LogP contribution in [0.15, 0.2) is 12.2 Å². The van der Waals surface area contributed by atoms with Gasteiger partial charge in [-0.15, -0.1) is 0 Å². The Kier molecular flexibility index (Phi) is 7.78. The molecule has 17 heavy (non-hydrogen) atoms. The molecule has 0 aromatic carbocycles. The lowest BCUT2D eigenvalue weighted by atomic mass is 10.0. The Balaban J connectivity index is 2.29. The summed E-state index contributed by atoms with van der Waals surface area (Å²) in [5.41, 5.74) is 0. The molecule has 1 rings (SSSR count). The monoisotopic (exact) mass is 238 g/mol. The van der Waals surface area contributed by atoms with Gasteiger partial charge in [-0.25, -0.2) is 0 Å². The SMILES string of the molecule is CC1CCCCCC/C=C/CCCCOC1=O. The Morgan fingerprint density at radius 2 is 1.65 bits per heavy atom. The lowest BCUT2D eigenvalue weighted by Gasteiger charge is -2.10. The van der Waals surface area contributed by atoms with Crippen molar-refractivity contribution in [2.24, 2.45) is 5.92 Å². The smallest absolute Gasteiger partial charge is 0.308 e. The molecule has 1 atom stereocenters. The fraction of sp³-hybridized carbons (Fsp3) is 0.800. The van der Waals surface area contributed by atoms with E-state index in [9.17, 15) is 4.79 Å². The van der Waals surface area contributed by atoms with E-state index in [0.29, 0.717) is 6.61 Å². The lowest BCUT2D eigenvalue weighted by molar-refractivity contribution is -0.148. The van der Waals surface area contributed by atoms with Crippen molar-refractivity contribution in [1.29, 1.82) is 0 Å². The molecule has 0 saturated carbocycles. The minimum atomic E-state index is -0.00425. The highest BCUT2D eigenvalue weighted by Gasteiger charge is 2.13. The van der Waals surface area contributed by atoms with Crippen molar-refractivity contribution in [1.82, 2.24) is 0 Å². The van der Waals surface area contributed by atoms with Gasteiger partial charge in [0.05, 0.1) is 12.5 Å². The van der Waals surface area contributed by atoms with Gasteiger partial charge in [-0.2, -0.15) is 0 Å². The van der Waals surface area contributed by atoms with Gasteiger partial charge in [0.25, 0.3) is 0 Å². The fourth-order valence-electron chi connectivity index (χ4n) is 2.10. The summed E-state index contributed by atoms with van der Waals surface area (Å²) in [6.07, 6.45) is 15.0. The quantitative estimate of drug-likeness (QED) is 0.466. The Morgan fingerprint density at radius 3 is 2.41 bits per heavy atom. The van der Waals surface area contributed by atoms with E-state index in [-0.39, 0.29) is 11.9 Å². The van der Waals surface area contributed by atoms with Gasteiger partial charge in [0.15, 0.2) is 0 Å². The first-order valence-corrected chi connectivity index (χ1v) is 7.12. The fourth-order valence-corrected chi connectivity index (χ4v) is 2.10. The zero-order chi connectivity index (χ0) is 12.3. The summed E-state index contributed by atoms with van der Waals surface area (Å²) in [6.45, 7) is 2.58. The molecular formula is C15H26O2. The van der Waals surface area contributed by atoms with E-state index >= 15 is 0 Å². The van der Waals surface area contributed by atoms with Crippen LogP contribution in [0.2, 0.25) is 0 Å². The highest BCUT2D eigenvalue weighted by Crippen LogP contribution is 2.14. The van der Waals surface area contributed by atoms with Crippen LogP contribution in [0, 0.1) is 5.92 Å². The maximum absolute atomic E-state index is 11.6. The van der Waals surface area contributed by atoms with Crippen molar-refractivity contribution >= 4 is 5.97 Å². The molecular weight excluding hydrogens is 212 g/mol. The average Bonchev–Trinajstić information content (AvgIpc) is 2.34. The summed E-state index contributed by atoms with van der Waals surface area (Å²) in [5, 5.41) is 0. The number of hydrogen-bond donors (Lipinski definition) is 0. The molecule has 0 aliphatic carbocycles. The summed E-state index contributed by atoms with van der Waals surface area (Å²) in [7, 11) is 0. The first-order valence-electron chi connectivity index (χ1n) is 7.12. The zero-order valence-corrected chi connectivity index (χ0v) is 11.1. The molecule has 2 heteroatoms. The van der Waals surface area contributed by atoms with Crippen LogP contribution in [0.25, 0.3) is 0 Å². The Hall–Kier alpha value is -0.790. The molecule has 0 N–H and O–H groups in total. The van der Waals surface area contributed by atoms with Crippen LogP contribution in [0.5, 0.6) is 0 Å². The molecule has 0 radical (unpaired) electrons. The third-order valence-electron chi connectivity index (χ3n) is 3.34. The number of hydrogen-bond acceptors (Lipinski definition) is 2. The van der Waals surface area contributed by atoms with Crippen molar-refractivity contribution in [2.45, 2.75) is 64.7 Å². The second-order valence-corrected chi connectivity index (χ2v) is 5.03. The summed E-state index contributed by atoms with van der Waals surface area (Å²) in [4.78, 5) is 11.6. The molecule has 1 unspecified atom stereocenters. The third kappa shape index (κ3) is 7.19. The van der Waals surface area contributed by atoms with Crippen LogP contribution >= 0.6 is 0 Å². The molecule has 2 nitrogen and oxygen atoms in total. The van der Waals surface area contributed by atoms with Crippen molar-refractivity contribution in [3.05, 3.63) is 12.2 Å². The number of carbonyl (C=O) groups excluding carboxylic acids is 1. The van der Waals surface area contributed by atoms with E-state index in [1.807, 2.05) is 6.92 Å². The van der Waals surface area contributed by atoms with Gasteiger partial charge in [0.1, 0.15) is 0 Å². The van der Waals surface area contributed by atoms with E-state index in [1.165, 1.54) is 25.7 Å². The molecule has 0 saturated heterocycles. The van der Waals surface area contributed by atoms with Crippen molar-refractivity contribution < 1.29 is 9.53 Å². The van der Waals surface area contributed by atoms with Gasteiger partial charge in [-0.1, -0.05) is 38.3 Å². The molecule has 0 spiro atoms. The molecule has 1 aliphatic rings. The highest BCUT2D eigenvalue weighted by atomic mass is 16.5. The molecule has 0 fully saturated rings. The number of carbonyl (C=O) groups is 1. The standard InChI is InChI=1S/C15H26O2/c1-14-12-10-8-6-4-2-3-5-7-9-11-13-17-15(14)16/h3,5,14H,2,4,6-13H2,1H3/b5-3+. The van der Waals surface area contributed by atoms with E-state index in [1.54, 1.807) is 0 Å². The van der Waals surface area contributed by atoms with E-state index in [4.69, 9.17) is 4.74 Å². The van der Waals surface area contributed by atoms with Gasteiger partial charge < -0.3 is 4.74 Å². The largest absolute Gasteiger partial charge is 0.465 e. The Bertz CT molecular complexity index is 233. The topological polar surface area (TPSA) is 26.3 Å². The summed E-state index contributed by atoms with van der Waals surface area (Å²) >= 11 is 0. The molecule has 1 heterocycles. The summed E-state index contributed by atoms with van der Waals surface area (Å²) < 4.78 is 5.27. The number of rotatable bonds is 0. The van der Waals surface area contributed by atoms with Gasteiger partial charge in [-0.05, 0) is 38.5 Å². The van der Waals surface area contributed by atoms with Crippen LogP contribution in [-0.2, 0) is 9.53 Å². The van der Waals surface area contributed by atoms with Crippen LogP contribution in [0.1, 0.15) is 64.7 Å². The zero-order valence-electron chi connectivity index (χ0n) is 11.1. The molecule has 0 aromatic heterocycles. The predicted molar refractivity (Wildman–Crippen MR) is 70.8 cm³/mol. The second-order valence-electron chi connectivity index (χ2n) is 5.03. The number of cyclic esters (lactones) is 1. The van der Waals surface area contributed by atoms with Crippen molar-refractivity contribution in [3.8, 4) is 0 Å². The van der Waals surface area contributed by atoms with Gasteiger partial charge in [0.2, 0.25) is 0 Å². The van der Waals surface area contributed by atoms with Gasteiger partial charge in [0, 0.05) is 0 Å². The minimum absolute atomic E-state index is 0.00425. The lowest BCUT2D eigenvalue weighted by Crippen LogP contribution is -2.15. The molecule has 0 aromatic rings. The number of ether oxygens (including phenoxy) is 1. The molecule has 0 amide bonds. The molecule has 98 valence electrons. The average molecular weight is 238 g/mol. The van der Waals surface area contributed by atoms with Crippen molar-refractivity contribution in [2.75, 3.05) is 6.61 Å². The predicted octanol–water partition coefficient (Wildman–Crippen LogP) is 4.25. The first-order chi connectivity index (χ1) is 8.30. The Morgan fingerprint density at radius 1 is 1.00 bits per heavy atom. The van der Waals surface area contributed by atoms with E-state index < -0.39 is 0 Å². The van der Waals surface area contributed by atoms with Gasteiger partial charge in [-0.3, -0.25) is 4.79 Å². The first kappa shape index (κ1) is 14.3. The van der Waals surface area contributed by atoms with Crippen LogP contribution < -0.4 is 0 Å². The third-order valence-corrected chi connectivity index (χ3v) is 3.34. The summed E-state index contributed by atoms with van der Waals surface area (Å²) in [5.74, 6) is 0.0775. The van der Waals surface area contributed by atoms with Crippen LogP contribution in [0.3, 0.4) is 0 Å². The van der Waals surface area contributed by atoms with Crippen LogP contribution in [0.4, 0.5) is 0 Å². The maximum atomic E-state index is 11.6. The van der Waals surface area contributed by atoms with Crippen molar-refractivity contribution in [3.63, 3.8) is 0 Å². The summed E-state index contributed by atoms with van der Waals surface area (Å²) in [6, 6.07) is 0. The second kappa shape index (κ2) is 9.26. The number of esters is 1. The van der Waals surface area contributed by atoms with Crippen LogP contribution in [-0.4, -0.2) is 12.6 Å². The highest BCUT2D eigenvalue weighted by molar-refractivity contribution is 5.71.